The number of fused-ring (bicyclic) bond motifs is 1. The smallest absolute Gasteiger partial charge is 0.165 e. The first-order valence-electron chi connectivity index (χ1n) is 12.2. The predicted molar refractivity (Wildman–Crippen MR) is 135 cm³/mol. The highest BCUT2D eigenvalue weighted by Gasteiger charge is 2.39. The lowest BCUT2D eigenvalue weighted by atomic mass is 9.78. The van der Waals surface area contributed by atoms with Gasteiger partial charge < -0.3 is 9.80 Å². The number of nitrogens with zero attached hydrogens (tertiary/aromatic N) is 6. The van der Waals surface area contributed by atoms with Crippen LogP contribution in [0.5, 0.6) is 0 Å². The van der Waals surface area contributed by atoms with Crippen LogP contribution in [0.25, 0.3) is 22.3 Å². The van der Waals surface area contributed by atoms with Crippen LogP contribution in [0.15, 0.2) is 48.8 Å². The Kier molecular flexibility index (Phi) is 5.29. The van der Waals surface area contributed by atoms with Gasteiger partial charge in [0.05, 0.1) is 23.0 Å². The van der Waals surface area contributed by atoms with Crippen molar-refractivity contribution < 1.29 is 0 Å². The fourth-order valence-corrected chi connectivity index (χ4v) is 5.67. The van der Waals surface area contributed by atoms with Crippen molar-refractivity contribution in [3.05, 3.63) is 65.7 Å². The molecule has 7 heteroatoms. The summed E-state index contributed by atoms with van der Waals surface area (Å²) in [6, 6.07) is 12.7. The zero-order chi connectivity index (χ0) is 23.1. The van der Waals surface area contributed by atoms with E-state index in [9.17, 15) is 0 Å². The van der Waals surface area contributed by atoms with E-state index >= 15 is 0 Å². The Morgan fingerprint density at radius 2 is 1.82 bits per heavy atom. The molecule has 3 aromatic heterocycles. The molecule has 0 aliphatic carbocycles. The van der Waals surface area contributed by atoms with Crippen LogP contribution in [0.1, 0.15) is 36.2 Å². The number of benzene rings is 1. The minimum absolute atomic E-state index is 0.470. The second kappa shape index (κ2) is 8.47. The van der Waals surface area contributed by atoms with Gasteiger partial charge in [0.25, 0.3) is 0 Å². The van der Waals surface area contributed by atoms with Crippen LogP contribution in [-0.4, -0.2) is 63.3 Å². The Morgan fingerprint density at radius 1 is 1.03 bits per heavy atom. The summed E-state index contributed by atoms with van der Waals surface area (Å²) in [5.41, 5.74) is 5.51. The second-order valence-corrected chi connectivity index (χ2v) is 10.1. The van der Waals surface area contributed by atoms with Gasteiger partial charge in [0.2, 0.25) is 0 Å². The van der Waals surface area contributed by atoms with Gasteiger partial charge in [0, 0.05) is 43.3 Å². The van der Waals surface area contributed by atoms with Gasteiger partial charge in [-0.1, -0.05) is 30.3 Å². The molecule has 2 aliphatic rings. The number of hydrogen-bond donors (Lipinski definition) is 1. The molecule has 2 fully saturated rings. The van der Waals surface area contributed by atoms with E-state index in [4.69, 9.17) is 15.0 Å². The zero-order valence-electron chi connectivity index (χ0n) is 20.0. The van der Waals surface area contributed by atoms with Crippen molar-refractivity contribution in [1.29, 1.82) is 0 Å². The Balaban J connectivity index is 1.39. The Hall–Kier alpha value is -3.32. The molecular weight excluding hydrogens is 422 g/mol. The maximum atomic E-state index is 5.12. The molecule has 6 rings (SSSR count). The van der Waals surface area contributed by atoms with Crippen molar-refractivity contribution in [2.75, 3.05) is 38.1 Å². The van der Waals surface area contributed by atoms with Crippen molar-refractivity contribution >= 4 is 16.7 Å². The molecule has 4 aromatic rings. The van der Waals surface area contributed by atoms with E-state index in [1.54, 1.807) is 0 Å². The van der Waals surface area contributed by atoms with Crippen molar-refractivity contribution in [3.63, 3.8) is 0 Å². The summed E-state index contributed by atoms with van der Waals surface area (Å²) in [5, 5.41) is 8.33. The molecule has 1 spiro atoms. The highest BCUT2D eigenvalue weighted by Crippen LogP contribution is 2.41. The molecule has 2 saturated heterocycles. The molecule has 0 unspecified atom stereocenters. The highest BCUT2D eigenvalue weighted by atomic mass is 15.2. The summed E-state index contributed by atoms with van der Waals surface area (Å²) in [6.45, 7) is 6.48. The van der Waals surface area contributed by atoms with E-state index in [1.165, 1.54) is 37.9 Å². The van der Waals surface area contributed by atoms with Crippen LogP contribution in [-0.2, 0) is 6.42 Å². The number of rotatable bonds is 4. The van der Waals surface area contributed by atoms with Crippen LogP contribution >= 0.6 is 0 Å². The van der Waals surface area contributed by atoms with Gasteiger partial charge in [-0.15, -0.1) is 0 Å². The lowest BCUT2D eigenvalue weighted by molar-refractivity contribution is 0.222. The van der Waals surface area contributed by atoms with Gasteiger partial charge in [-0.05, 0) is 56.8 Å². The maximum Gasteiger partial charge on any atom is 0.165 e. The van der Waals surface area contributed by atoms with Gasteiger partial charge in [-0.25, -0.2) is 9.97 Å². The van der Waals surface area contributed by atoms with Crippen molar-refractivity contribution in [3.8, 4) is 11.4 Å². The molecule has 7 nitrogen and oxygen atoms in total. The molecule has 0 saturated carbocycles. The normalized spacial score (nSPS) is 18.2. The third-order valence-electron chi connectivity index (χ3n) is 7.67. The number of aromatic amines is 1. The number of nitrogens with one attached hydrogen (secondary N) is 1. The van der Waals surface area contributed by atoms with Gasteiger partial charge in [-0.2, -0.15) is 5.10 Å². The number of aryl methyl sites for hydroxylation is 1. The van der Waals surface area contributed by atoms with Crippen molar-refractivity contribution in [2.45, 2.75) is 32.6 Å². The summed E-state index contributed by atoms with van der Waals surface area (Å²) >= 11 is 0. The first-order valence-corrected chi connectivity index (χ1v) is 12.2. The first-order chi connectivity index (χ1) is 16.6. The molecule has 174 valence electrons. The molecule has 1 aromatic carbocycles. The summed E-state index contributed by atoms with van der Waals surface area (Å²) < 4.78 is 0. The summed E-state index contributed by atoms with van der Waals surface area (Å²) in [6.07, 6.45) is 8.34. The lowest BCUT2D eigenvalue weighted by Crippen LogP contribution is -2.41. The molecule has 0 atom stereocenters. The average molecular weight is 454 g/mol. The molecule has 34 heavy (non-hydrogen) atoms. The quantitative estimate of drug-likeness (QED) is 0.498. The van der Waals surface area contributed by atoms with Gasteiger partial charge >= 0.3 is 0 Å². The van der Waals surface area contributed by atoms with E-state index in [2.05, 4.69) is 57.4 Å². The number of hydrogen-bond acceptors (Lipinski definition) is 6. The minimum atomic E-state index is 0.470. The number of pyridine rings is 1. The van der Waals surface area contributed by atoms with E-state index in [0.717, 1.165) is 53.2 Å². The summed E-state index contributed by atoms with van der Waals surface area (Å²) in [7, 11) is 2.25. The molecule has 2 aliphatic heterocycles. The number of aromatic nitrogens is 5. The van der Waals surface area contributed by atoms with Crippen molar-refractivity contribution in [1.82, 2.24) is 30.0 Å². The van der Waals surface area contributed by atoms with Gasteiger partial charge in [0.15, 0.2) is 5.82 Å². The van der Waals surface area contributed by atoms with E-state index in [1.807, 2.05) is 25.4 Å². The van der Waals surface area contributed by atoms with Gasteiger partial charge in [0.1, 0.15) is 5.82 Å². The van der Waals surface area contributed by atoms with E-state index in [-0.39, 0.29) is 0 Å². The fourth-order valence-electron chi connectivity index (χ4n) is 5.67. The number of piperidine rings is 1. The van der Waals surface area contributed by atoms with Crippen molar-refractivity contribution in [2.24, 2.45) is 5.41 Å². The van der Waals surface area contributed by atoms with Crippen LogP contribution < -0.4 is 4.90 Å². The predicted octanol–water partition coefficient (Wildman–Crippen LogP) is 4.24. The standard InChI is InChI=1S/C27H31N7/c1-19-23(16-29-32-19)25-30-24-17-28-21(14-20-6-4-3-5-7-20)15-22(24)26(31-25)34-12-9-27(10-13-34)8-11-33(2)18-27/h3-7,15-17H,8-14,18H2,1-2H3,(H,29,32). The summed E-state index contributed by atoms with van der Waals surface area (Å²) in [4.78, 5) is 19.7. The molecule has 5 heterocycles. The molecular formula is C27H31N7. The first kappa shape index (κ1) is 21.2. The topological polar surface area (TPSA) is 73.8 Å². The third kappa shape index (κ3) is 3.94. The number of H-pyrrole nitrogens is 1. The largest absolute Gasteiger partial charge is 0.356 e. The second-order valence-electron chi connectivity index (χ2n) is 10.1. The van der Waals surface area contributed by atoms with E-state index < -0.39 is 0 Å². The average Bonchev–Trinajstić information content (AvgIpc) is 3.45. The number of likely N-dealkylation sites (tertiary alicyclic amines) is 1. The van der Waals surface area contributed by atoms with Crippen LogP contribution in [0.4, 0.5) is 5.82 Å². The Morgan fingerprint density at radius 3 is 2.53 bits per heavy atom. The monoisotopic (exact) mass is 453 g/mol. The van der Waals surface area contributed by atoms with Gasteiger partial charge in [-0.3, -0.25) is 10.1 Å². The lowest BCUT2D eigenvalue weighted by Gasteiger charge is -2.40. The van der Waals surface area contributed by atoms with Crippen LogP contribution in [0.2, 0.25) is 0 Å². The Labute approximate surface area is 200 Å². The van der Waals surface area contributed by atoms with Crippen LogP contribution in [0.3, 0.4) is 0 Å². The third-order valence-corrected chi connectivity index (χ3v) is 7.67. The SMILES string of the molecule is Cc1n[nH]cc1-c1nc(N2CCC3(CCN(C)C3)CC2)c2cc(Cc3ccccc3)ncc2n1. The summed E-state index contributed by atoms with van der Waals surface area (Å²) in [5.74, 6) is 1.74. The number of anilines is 1. The molecule has 1 N–H and O–H groups in total. The molecule has 0 amide bonds. The minimum Gasteiger partial charge on any atom is -0.356 e. The highest BCUT2D eigenvalue weighted by molar-refractivity contribution is 5.91. The fraction of sp³-hybridized carbons (Fsp3) is 0.407. The van der Waals surface area contributed by atoms with Crippen LogP contribution in [0, 0.1) is 12.3 Å². The van der Waals surface area contributed by atoms with E-state index in [0.29, 0.717) is 11.2 Å². The molecule has 0 radical (unpaired) electrons. The molecule has 0 bridgehead atoms. The zero-order valence-corrected chi connectivity index (χ0v) is 20.0. The Bertz CT molecular complexity index is 1310. The maximum absolute atomic E-state index is 5.12.